The predicted molar refractivity (Wildman–Crippen MR) is 74.0 cm³/mol. The van der Waals surface area contributed by atoms with Crippen LogP contribution in [0.15, 0.2) is 24.3 Å². The molecule has 0 amide bonds. The molecule has 1 N–H and O–H groups in total. The average Bonchev–Trinajstić information content (AvgIpc) is 2.40. The third-order valence-corrected chi connectivity index (χ3v) is 4.30. The largest absolute Gasteiger partial charge is 0.573 e. The summed E-state index contributed by atoms with van der Waals surface area (Å²) in [5.74, 6) is 0.459. The van der Waals surface area contributed by atoms with Crippen LogP contribution >= 0.6 is 0 Å². The molecule has 2 rings (SSSR count). The Labute approximate surface area is 122 Å². The second kappa shape index (κ2) is 6.26. The quantitative estimate of drug-likeness (QED) is 0.890. The zero-order valence-corrected chi connectivity index (χ0v) is 12.1. The number of halogens is 3. The third-order valence-electron chi connectivity index (χ3n) is 4.30. The van der Waals surface area contributed by atoms with E-state index in [2.05, 4.69) is 11.7 Å². The fourth-order valence-electron chi connectivity index (χ4n) is 2.99. The molecule has 0 atom stereocenters. The summed E-state index contributed by atoms with van der Waals surface area (Å²) in [7, 11) is 0. The number of ether oxygens (including phenoxy) is 1. The highest BCUT2D eigenvalue weighted by molar-refractivity contribution is 5.28. The lowest BCUT2D eigenvalue weighted by molar-refractivity contribution is -0.274. The topological polar surface area (TPSA) is 29.5 Å². The van der Waals surface area contributed by atoms with Gasteiger partial charge in [-0.2, -0.15) is 0 Å². The number of benzene rings is 1. The van der Waals surface area contributed by atoms with Crippen molar-refractivity contribution in [3.63, 3.8) is 0 Å². The molecule has 21 heavy (non-hydrogen) atoms. The van der Waals surface area contributed by atoms with Crippen LogP contribution in [0.5, 0.6) is 5.75 Å². The van der Waals surface area contributed by atoms with Crippen LogP contribution in [0.25, 0.3) is 0 Å². The molecule has 1 saturated carbocycles. The van der Waals surface area contributed by atoms with Gasteiger partial charge in [-0.05, 0) is 49.3 Å². The monoisotopic (exact) mass is 302 g/mol. The Morgan fingerprint density at radius 1 is 1.19 bits per heavy atom. The van der Waals surface area contributed by atoms with Crippen LogP contribution in [0.3, 0.4) is 0 Å². The van der Waals surface area contributed by atoms with Gasteiger partial charge in [0.25, 0.3) is 0 Å². The van der Waals surface area contributed by atoms with Crippen LogP contribution in [-0.4, -0.2) is 17.1 Å². The van der Waals surface area contributed by atoms with Gasteiger partial charge in [0.15, 0.2) is 0 Å². The summed E-state index contributed by atoms with van der Waals surface area (Å²) in [5.41, 5.74) is 0.111. The summed E-state index contributed by atoms with van der Waals surface area (Å²) >= 11 is 0. The second-order valence-corrected chi connectivity index (χ2v) is 5.94. The molecular weight excluding hydrogens is 281 g/mol. The molecule has 0 heterocycles. The Kier molecular flexibility index (Phi) is 4.81. The molecule has 0 spiro atoms. The van der Waals surface area contributed by atoms with E-state index in [1.165, 1.54) is 12.1 Å². The maximum Gasteiger partial charge on any atom is 0.573 e. The van der Waals surface area contributed by atoms with Crippen LogP contribution in [0.2, 0.25) is 0 Å². The fourth-order valence-corrected chi connectivity index (χ4v) is 2.99. The van der Waals surface area contributed by atoms with Crippen molar-refractivity contribution in [1.82, 2.24) is 0 Å². The van der Waals surface area contributed by atoms with Gasteiger partial charge in [-0.1, -0.05) is 25.5 Å². The van der Waals surface area contributed by atoms with E-state index in [1.807, 2.05) is 0 Å². The third kappa shape index (κ3) is 4.92. The SMILES string of the molecule is CCC1CCC(O)(Cc2ccc(OC(F)(F)F)cc2)CC1. The summed E-state index contributed by atoms with van der Waals surface area (Å²) in [6.45, 7) is 2.16. The van der Waals surface area contributed by atoms with Crippen molar-refractivity contribution < 1.29 is 23.0 Å². The Balaban J connectivity index is 1.94. The van der Waals surface area contributed by atoms with Crippen LogP contribution in [0, 0.1) is 5.92 Å². The van der Waals surface area contributed by atoms with E-state index < -0.39 is 12.0 Å². The molecule has 0 aliphatic heterocycles. The zero-order valence-electron chi connectivity index (χ0n) is 12.1. The van der Waals surface area contributed by atoms with E-state index in [-0.39, 0.29) is 5.75 Å². The van der Waals surface area contributed by atoms with Crippen LogP contribution in [0.4, 0.5) is 13.2 Å². The zero-order chi connectivity index (χ0) is 15.5. The first-order chi connectivity index (χ1) is 9.80. The summed E-state index contributed by atoms with van der Waals surface area (Å²) in [6, 6.07) is 5.77. The molecule has 0 unspecified atom stereocenters. The molecule has 0 aromatic heterocycles. The minimum absolute atomic E-state index is 0.229. The van der Waals surface area contributed by atoms with E-state index in [0.29, 0.717) is 12.3 Å². The number of aliphatic hydroxyl groups is 1. The Hall–Kier alpha value is -1.23. The van der Waals surface area contributed by atoms with Gasteiger partial charge in [0, 0.05) is 6.42 Å². The van der Waals surface area contributed by atoms with Gasteiger partial charge in [-0.3, -0.25) is 0 Å². The maximum atomic E-state index is 12.1. The lowest BCUT2D eigenvalue weighted by Gasteiger charge is -2.36. The molecule has 1 aliphatic carbocycles. The first-order valence-corrected chi connectivity index (χ1v) is 7.37. The van der Waals surface area contributed by atoms with Crippen LogP contribution in [0.1, 0.15) is 44.6 Å². The molecule has 1 aromatic rings. The lowest BCUT2D eigenvalue weighted by Crippen LogP contribution is -2.36. The first-order valence-electron chi connectivity index (χ1n) is 7.37. The highest BCUT2D eigenvalue weighted by Crippen LogP contribution is 2.36. The minimum atomic E-state index is -4.67. The number of hydrogen-bond donors (Lipinski definition) is 1. The molecule has 1 aromatic carbocycles. The van der Waals surface area contributed by atoms with Crippen molar-refractivity contribution in [3.05, 3.63) is 29.8 Å². The maximum absolute atomic E-state index is 12.1. The van der Waals surface area contributed by atoms with Gasteiger partial charge in [0.05, 0.1) is 5.60 Å². The Bertz CT molecular complexity index is 446. The van der Waals surface area contributed by atoms with Crippen molar-refractivity contribution in [1.29, 1.82) is 0 Å². The average molecular weight is 302 g/mol. The van der Waals surface area contributed by atoms with Gasteiger partial charge in [0.1, 0.15) is 5.75 Å². The predicted octanol–water partition coefficient (Wildman–Crippen LogP) is 4.46. The highest BCUT2D eigenvalue weighted by Gasteiger charge is 2.33. The first kappa shape index (κ1) is 16.1. The molecule has 5 heteroatoms. The molecule has 1 aliphatic rings. The van der Waals surface area contributed by atoms with Gasteiger partial charge in [-0.25, -0.2) is 0 Å². The molecule has 0 saturated heterocycles. The Morgan fingerprint density at radius 2 is 1.76 bits per heavy atom. The molecular formula is C16H21F3O2. The highest BCUT2D eigenvalue weighted by atomic mass is 19.4. The lowest BCUT2D eigenvalue weighted by atomic mass is 9.75. The van der Waals surface area contributed by atoms with Crippen LogP contribution in [-0.2, 0) is 6.42 Å². The van der Waals surface area contributed by atoms with E-state index >= 15 is 0 Å². The summed E-state index contributed by atoms with van der Waals surface area (Å²) in [5, 5.41) is 10.6. The van der Waals surface area contributed by atoms with E-state index in [4.69, 9.17) is 0 Å². The smallest absolute Gasteiger partial charge is 0.406 e. The Morgan fingerprint density at radius 3 is 2.24 bits per heavy atom. The molecule has 1 fully saturated rings. The van der Waals surface area contributed by atoms with Gasteiger partial charge in [0.2, 0.25) is 0 Å². The van der Waals surface area contributed by atoms with Gasteiger partial charge >= 0.3 is 6.36 Å². The fraction of sp³-hybridized carbons (Fsp3) is 0.625. The van der Waals surface area contributed by atoms with Crippen molar-refractivity contribution in [2.75, 3.05) is 0 Å². The number of hydrogen-bond acceptors (Lipinski definition) is 2. The molecule has 2 nitrogen and oxygen atoms in total. The molecule has 0 radical (unpaired) electrons. The van der Waals surface area contributed by atoms with E-state index in [0.717, 1.165) is 37.7 Å². The van der Waals surface area contributed by atoms with Crippen molar-refractivity contribution >= 4 is 0 Å². The van der Waals surface area contributed by atoms with Gasteiger partial charge in [-0.15, -0.1) is 13.2 Å². The number of alkyl halides is 3. The standard InChI is InChI=1S/C16H21F3O2/c1-2-12-7-9-15(20,10-8-12)11-13-3-5-14(6-4-13)21-16(17,18)19/h3-6,12,20H,2,7-11H2,1H3. The number of rotatable bonds is 4. The summed E-state index contributed by atoms with van der Waals surface area (Å²) in [4.78, 5) is 0. The second-order valence-electron chi connectivity index (χ2n) is 5.94. The minimum Gasteiger partial charge on any atom is -0.406 e. The van der Waals surface area contributed by atoms with Crippen molar-refractivity contribution in [3.8, 4) is 5.75 Å². The van der Waals surface area contributed by atoms with Crippen LogP contribution < -0.4 is 4.74 Å². The van der Waals surface area contributed by atoms with E-state index in [1.54, 1.807) is 12.1 Å². The van der Waals surface area contributed by atoms with E-state index in [9.17, 15) is 18.3 Å². The molecule has 118 valence electrons. The van der Waals surface area contributed by atoms with Crippen molar-refractivity contribution in [2.45, 2.75) is 57.4 Å². The van der Waals surface area contributed by atoms with Crippen molar-refractivity contribution in [2.24, 2.45) is 5.92 Å². The summed E-state index contributed by atoms with van der Waals surface area (Å²) < 4.78 is 40.1. The molecule has 0 bridgehead atoms. The normalized spacial score (nSPS) is 26.6. The summed E-state index contributed by atoms with van der Waals surface area (Å²) in [6.07, 6.45) is 0.497. The van der Waals surface area contributed by atoms with Gasteiger partial charge < -0.3 is 9.84 Å².